The van der Waals surface area contributed by atoms with E-state index < -0.39 is 11.9 Å². The summed E-state index contributed by atoms with van der Waals surface area (Å²) in [6.45, 7) is 0. The van der Waals surface area contributed by atoms with E-state index in [1.807, 2.05) is 0 Å². The van der Waals surface area contributed by atoms with Crippen LogP contribution in [0.3, 0.4) is 0 Å². The summed E-state index contributed by atoms with van der Waals surface area (Å²) in [7, 11) is 0. The molecule has 1 aromatic carbocycles. The van der Waals surface area contributed by atoms with E-state index in [4.69, 9.17) is 10.2 Å². The van der Waals surface area contributed by atoms with Gasteiger partial charge in [-0.3, -0.25) is 4.79 Å². The minimum atomic E-state index is -1.26. The van der Waals surface area contributed by atoms with Gasteiger partial charge in [0.25, 0.3) is 5.97 Å². The van der Waals surface area contributed by atoms with Crippen LogP contribution in [0, 0.1) is 6.07 Å². The van der Waals surface area contributed by atoms with E-state index in [2.05, 4.69) is 6.07 Å². The first-order valence-electron chi connectivity index (χ1n) is 3.09. The third-order valence-electron chi connectivity index (χ3n) is 1.32. The number of hydrogen-bond acceptors (Lipinski definition) is 2. The van der Waals surface area contributed by atoms with Crippen LogP contribution < -0.4 is 51.4 Å². The maximum atomic E-state index is 10.4. The van der Waals surface area contributed by atoms with Gasteiger partial charge < -0.3 is 10.2 Å². The Morgan fingerprint density at radius 3 is 2.08 bits per heavy atom. The number of hydrogen-bond donors (Lipinski definition) is 2. The van der Waals surface area contributed by atoms with Crippen molar-refractivity contribution in [3.63, 3.8) is 0 Å². The van der Waals surface area contributed by atoms with Gasteiger partial charge in [-0.1, -0.05) is 0 Å². The van der Waals surface area contributed by atoms with Crippen LogP contribution in [-0.4, -0.2) is 22.2 Å². The van der Waals surface area contributed by atoms with Gasteiger partial charge in [0, 0.05) is 0 Å². The molecule has 0 bridgehead atoms. The Bertz CT molecular complexity index is 302. The average Bonchev–Trinajstić information content (AvgIpc) is 2.04. The summed E-state index contributed by atoms with van der Waals surface area (Å²) in [5.74, 6) is -2.51. The largest absolute Gasteiger partial charge is 1.00 e. The van der Waals surface area contributed by atoms with Gasteiger partial charge in [0.15, 0.2) is 0 Å². The summed E-state index contributed by atoms with van der Waals surface area (Å²) >= 11 is 0. The summed E-state index contributed by atoms with van der Waals surface area (Å²) < 4.78 is 0. The zero-order valence-corrected chi connectivity index (χ0v) is 10.1. The Kier molecular flexibility index (Phi) is 5.42. The number of carbonyl (C=O) groups is 2. The van der Waals surface area contributed by atoms with Crippen LogP contribution >= 0.6 is 0 Å². The Balaban J connectivity index is 0.00000144. The van der Waals surface area contributed by atoms with Gasteiger partial charge in [-0.05, 0) is 11.1 Å². The maximum Gasteiger partial charge on any atom is 1.00 e. The first-order valence-corrected chi connectivity index (χ1v) is 3.09. The monoisotopic (exact) mass is 204 g/mol. The molecule has 0 radical (unpaired) electrons. The third-order valence-corrected chi connectivity index (χ3v) is 1.32. The quantitative estimate of drug-likeness (QED) is 0.427. The first kappa shape index (κ1) is 12.8. The van der Waals surface area contributed by atoms with Crippen LogP contribution in [0.5, 0.6) is 0 Å². The summed E-state index contributed by atoms with van der Waals surface area (Å²) in [6, 6.07) is 6.18. The number of rotatable bonds is 2. The van der Waals surface area contributed by atoms with Gasteiger partial charge in [-0.25, -0.2) is 4.79 Å². The molecular formula is C8H5KO4. The van der Waals surface area contributed by atoms with Crippen molar-refractivity contribution in [3.8, 4) is 0 Å². The van der Waals surface area contributed by atoms with Crippen molar-refractivity contribution in [2.45, 2.75) is 0 Å². The van der Waals surface area contributed by atoms with Crippen molar-refractivity contribution < 1.29 is 71.2 Å². The van der Waals surface area contributed by atoms with E-state index in [9.17, 15) is 9.59 Å². The van der Waals surface area contributed by atoms with Gasteiger partial charge in [0.1, 0.15) is 0 Å². The number of aromatic carboxylic acids is 2. The van der Waals surface area contributed by atoms with Crippen molar-refractivity contribution in [1.82, 2.24) is 0 Å². The maximum absolute atomic E-state index is 10.4. The summed E-state index contributed by atoms with van der Waals surface area (Å²) in [4.78, 5) is 20.9. The Morgan fingerprint density at radius 1 is 1.15 bits per heavy atom. The number of carboxylic acids is 2. The molecule has 4 nitrogen and oxygen atoms in total. The molecule has 0 fully saturated rings. The smallest absolute Gasteiger partial charge is 0.487 e. The molecule has 2 N–H and O–H groups in total. The second-order valence-electron chi connectivity index (χ2n) is 2.08. The fraction of sp³-hybridized carbons (Fsp3) is 0. The predicted octanol–water partition coefficient (Wildman–Crippen LogP) is -2.11. The molecule has 0 aliphatic carbocycles. The predicted molar refractivity (Wildman–Crippen MR) is 39.2 cm³/mol. The van der Waals surface area contributed by atoms with Crippen molar-refractivity contribution in [2.24, 2.45) is 0 Å². The van der Waals surface area contributed by atoms with Gasteiger partial charge in [-0.15, -0.1) is 0 Å². The van der Waals surface area contributed by atoms with E-state index in [0.29, 0.717) is 0 Å². The van der Waals surface area contributed by atoms with Crippen LogP contribution in [-0.2, 0) is 0 Å². The van der Waals surface area contributed by atoms with Crippen molar-refractivity contribution in [3.05, 3.63) is 35.4 Å². The number of carboxylic acid groups (broad SMARTS) is 2. The fourth-order valence-corrected chi connectivity index (χ4v) is 0.794. The molecule has 5 heteroatoms. The SMILES string of the molecule is O=C(O)c1c[c-]ccc1C(=O)O.[K+]. The Hall–Kier alpha value is -0.204. The standard InChI is InChI=1S/C8H5O4.K/c9-7(10)5-3-1-2-4-6(5)8(11)12;/h1,3-4H,(H,9,10)(H,11,12);/q-1;+1. The molecule has 0 heterocycles. The average molecular weight is 204 g/mol. The molecule has 1 rings (SSSR count). The first-order chi connectivity index (χ1) is 5.63. The van der Waals surface area contributed by atoms with E-state index in [1.165, 1.54) is 12.1 Å². The van der Waals surface area contributed by atoms with Crippen LogP contribution in [0.4, 0.5) is 0 Å². The fourth-order valence-electron chi connectivity index (χ4n) is 0.794. The summed E-state index contributed by atoms with van der Waals surface area (Å²) in [5.41, 5.74) is -0.466. The zero-order chi connectivity index (χ0) is 9.14. The summed E-state index contributed by atoms with van der Waals surface area (Å²) in [6.07, 6.45) is 0. The van der Waals surface area contributed by atoms with E-state index in [0.717, 1.165) is 6.07 Å². The van der Waals surface area contributed by atoms with Gasteiger partial charge in [0.05, 0.1) is 0 Å². The second-order valence-corrected chi connectivity index (χ2v) is 2.08. The Morgan fingerprint density at radius 2 is 1.69 bits per heavy atom. The van der Waals surface area contributed by atoms with Gasteiger partial charge in [-0.2, -0.15) is 24.3 Å². The molecule has 0 atom stereocenters. The minimum absolute atomic E-state index is 0. The van der Waals surface area contributed by atoms with Crippen LogP contribution in [0.2, 0.25) is 0 Å². The molecule has 0 unspecified atom stereocenters. The molecule has 0 spiro atoms. The van der Waals surface area contributed by atoms with Gasteiger partial charge >= 0.3 is 57.4 Å². The molecule has 0 aromatic heterocycles. The zero-order valence-electron chi connectivity index (χ0n) is 6.94. The van der Waals surface area contributed by atoms with Crippen LogP contribution in [0.25, 0.3) is 0 Å². The topological polar surface area (TPSA) is 74.6 Å². The summed E-state index contributed by atoms with van der Waals surface area (Å²) in [5, 5.41) is 17.1. The number of benzene rings is 1. The molecule has 0 saturated carbocycles. The molecule has 1 aromatic rings. The van der Waals surface area contributed by atoms with Crippen LogP contribution in [0.15, 0.2) is 18.2 Å². The van der Waals surface area contributed by atoms with Crippen molar-refractivity contribution in [1.29, 1.82) is 0 Å². The van der Waals surface area contributed by atoms with E-state index in [1.54, 1.807) is 0 Å². The molecule has 13 heavy (non-hydrogen) atoms. The molecular weight excluding hydrogens is 199 g/mol. The second kappa shape index (κ2) is 5.51. The minimum Gasteiger partial charge on any atom is -0.487 e. The third kappa shape index (κ3) is 3.20. The normalized spacial score (nSPS) is 8.62. The molecule has 0 saturated heterocycles. The van der Waals surface area contributed by atoms with E-state index >= 15 is 0 Å². The van der Waals surface area contributed by atoms with Crippen molar-refractivity contribution >= 4 is 11.9 Å². The molecule has 0 aliphatic rings. The van der Waals surface area contributed by atoms with Crippen molar-refractivity contribution in [2.75, 3.05) is 0 Å². The Labute approximate surface area is 117 Å². The van der Waals surface area contributed by atoms with Crippen LogP contribution in [0.1, 0.15) is 20.7 Å². The molecule has 62 valence electrons. The molecule has 0 aliphatic heterocycles. The molecule has 0 amide bonds. The van der Waals surface area contributed by atoms with Gasteiger partial charge in [0.2, 0.25) is 0 Å². The van der Waals surface area contributed by atoms with E-state index in [-0.39, 0.29) is 62.5 Å².